The fraction of sp³-hybridized carbons (Fsp3) is 0.111. The molecule has 0 nitrogen and oxygen atoms in total. The first-order valence-electron chi connectivity index (χ1n) is 3.44. The summed E-state index contributed by atoms with van der Waals surface area (Å²) in [4.78, 5) is 0. The van der Waals surface area contributed by atoms with Gasteiger partial charge in [-0.3, -0.25) is 0 Å². The van der Waals surface area contributed by atoms with Gasteiger partial charge < -0.3 is 0 Å². The average molecular weight is 148 g/mol. The van der Waals surface area contributed by atoms with Gasteiger partial charge in [0, 0.05) is 10.2 Å². The maximum atomic E-state index is 3.77. The van der Waals surface area contributed by atoms with E-state index in [1.165, 1.54) is 16.3 Å². The summed E-state index contributed by atoms with van der Waals surface area (Å²) >= 11 is 0. The van der Waals surface area contributed by atoms with E-state index in [1.807, 2.05) is 6.08 Å². The van der Waals surface area contributed by atoms with Gasteiger partial charge in [0.15, 0.2) is 0 Å². The highest BCUT2D eigenvalue weighted by Gasteiger charge is 1.94. The van der Waals surface area contributed by atoms with Crippen LogP contribution in [-0.4, -0.2) is 10.2 Å². The molecule has 1 aromatic carbocycles. The summed E-state index contributed by atoms with van der Waals surface area (Å²) in [5.41, 5.74) is 2.66. The first-order valence-corrected chi connectivity index (χ1v) is 4.44. The average Bonchev–Trinajstić information content (AvgIpc) is 1.88. The Morgan fingerprint density at radius 2 is 2.20 bits per heavy atom. The zero-order chi connectivity index (χ0) is 7.56. The largest absolute Gasteiger partial charge is 0.0985 e. The molecule has 1 heteroatoms. The highest BCUT2D eigenvalue weighted by molar-refractivity contribution is 6.34. The Morgan fingerprint density at radius 1 is 1.50 bits per heavy atom. The molecule has 0 unspecified atom stereocenters. The topological polar surface area (TPSA) is 0 Å². The Kier molecular flexibility index (Phi) is 2.07. The lowest BCUT2D eigenvalue weighted by atomic mass is 10.1. The number of aryl methyl sites for hydroxylation is 1. The van der Waals surface area contributed by atoms with E-state index in [2.05, 4.69) is 31.7 Å². The smallest absolute Gasteiger partial charge is 0.0392 e. The SMILES string of the molecule is C=Cc1c(C)cccc1[SiH3]. The Labute approximate surface area is 65.0 Å². The minimum atomic E-state index is 1.11. The van der Waals surface area contributed by atoms with Gasteiger partial charge in [-0.05, 0) is 18.1 Å². The first-order chi connectivity index (χ1) is 4.75. The molecule has 0 radical (unpaired) electrons. The molecule has 0 atom stereocenters. The lowest BCUT2D eigenvalue weighted by Crippen LogP contribution is -2.07. The summed E-state index contributed by atoms with van der Waals surface area (Å²) < 4.78 is 0. The van der Waals surface area contributed by atoms with Crippen molar-refractivity contribution in [2.45, 2.75) is 6.92 Å². The van der Waals surface area contributed by atoms with Gasteiger partial charge in [-0.25, -0.2) is 0 Å². The van der Waals surface area contributed by atoms with Gasteiger partial charge in [-0.15, -0.1) is 0 Å². The second-order valence-corrected chi connectivity index (χ2v) is 3.59. The molecule has 0 heterocycles. The summed E-state index contributed by atoms with van der Waals surface area (Å²) in [6.07, 6.45) is 1.94. The summed E-state index contributed by atoms with van der Waals surface area (Å²) in [6.45, 7) is 5.90. The van der Waals surface area contributed by atoms with Gasteiger partial charge in [0.1, 0.15) is 0 Å². The molecule has 0 bridgehead atoms. The molecule has 0 aliphatic carbocycles. The van der Waals surface area contributed by atoms with Crippen molar-refractivity contribution in [1.82, 2.24) is 0 Å². The van der Waals surface area contributed by atoms with Crippen molar-refractivity contribution in [1.29, 1.82) is 0 Å². The summed E-state index contributed by atoms with van der Waals surface area (Å²) in [6, 6.07) is 6.39. The van der Waals surface area contributed by atoms with Crippen molar-refractivity contribution in [2.24, 2.45) is 0 Å². The van der Waals surface area contributed by atoms with E-state index in [9.17, 15) is 0 Å². The Balaban J connectivity index is 3.30. The van der Waals surface area contributed by atoms with Crippen molar-refractivity contribution in [2.75, 3.05) is 0 Å². The minimum Gasteiger partial charge on any atom is -0.0985 e. The van der Waals surface area contributed by atoms with E-state index in [0.717, 1.165) is 10.2 Å². The zero-order valence-corrected chi connectivity index (χ0v) is 8.52. The normalized spacial score (nSPS) is 9.70. The molecule has 10 heavy (non-hydrogen) atoms. The standard InChI is InChI=1S/C9H12Si/c1-3-8-7(2)5-4-6-9(8)10/h3-6H,1H2,2,10H3. The zero-order valence-electron chi connectivity index (χ0n) is 6.52. The first kappa shape index (κ1) is 7.29. The van der Waals surface area contributed by atoms with Gasteiger partial charge in [0.2, 0.25) is 0 Å². The van der Waals surface area contributed by atoms with Crippen molar-refractivity contribution >= 4 is 21.5 Å². The fourth-order valence-electron chi connectivity index (χ4n) is 1.15. The van der Waals surface area contributed by atoms with Crippen LogP contribution in [0.2, 0.25) is 0 Å². The number of hydrogen-bond acceptors (Lipinski definition) is 0. The van der Waals surface area contributed by atoms with Gasteiger partial charge in [0.05, 0.1) is 0 Å². The van der Waals surface area contributed by atoms with E-state index in [1.54, 1.807) is 0 Å². The molecule has 1 rings (SSSR count). The van der Waals surface area contributed by atoms with Crippen molar-refractivity contribution < 1.29 is 0 Å². The van der Waals surface area contributed by atoms with Gasteiger partial charge >= 0.3 is 0 Å². The molecule has 0 aliphatic rings. The van der Waals surface area contributed by atoms with Crippen LogP contribution in [0.5, 0.6) is 0 Å². The second-order valence-electron chi connectivity index (χ2n) is 2.51. The van der Waals surface area contributed by atoms with Gasteiger partial charge in [-0.2, -0.15) is 0 Å². The van der Waals surface area contributed by atoms with Crippen LogP contribution in [0.4, 0.5) is 0 Å². The van der Waals surface area contributed by atoms with Gasteiger partial charge in [0.25, 0.3) is 0 Å². The molecule has 52 valence electrons. The summed E-state index contributed by atoms with van der Waals surface area (Å²) in [5.74, 6) is 0. The van der Waals surface area contributed by atoms with Crippen LogP contribution >= 0.6 is 0 Å². The molecule has 0 aromatic heterocycles. The maximum Gasteiger partial charge on any atom is 0.0392 e. The van der Waals surface area contributed by atoms with Gasteiger partial charge in [-0.1, -0.05) is 36.0 Å². The molecular formula is C9H12Si. The fourth-order valence-corrected chi connectivity index (χ4v) is 1.94. The second kappa shape index (κ2) is 2.84. The predicted octanol–water partition coefficient (Wildman–Crippen LogP) is 0.629. The van der Waals surface area contributed by atoms with E-state index in [0.29, 0.717) is 0 Å². The number of benzene rings is 1. The highest BCUT2D eigenvalue weighted by atomic mass is 28.1. The van der Waals surface area contributed by atoms with Crippen molar-refractivity contribution in [3.05, 3.63) is 35.9 Å². The molecule has 0 spiro atoms. The van der Waals surface area contributed by atoms with Crippen LogP contribution in [0.1, 0.15) is 11.1 Å². The summed E-state index contributed by atoms with van der Waals surface area (Å²) in [5, 5.41) is 1.44. The molecule has 0 fully saturated rings. The van der Waals surface area contributed by atoms with Crippen molar-refractivity contribution in [3.63, 3.8) is 0 Å². The molecule has 0 aliphatic heterocycles. The quantitative estimate of drug-likeness (QED) is 0.512. The molecule has 0 amide bonds. The van der Waals surface area contributed by atoms with Crippen LogP contribution in [0.3, 0.4) is 0 Å². The molecule has 0 N–H and O–H groups in total. The third-order valence-corrected chi connectivity index (χ3v) is 2.62. The number of hydrogen-bond donors (Lipinski definition) is 0. The van der Waals surface area contributed by atoms with Crippen LogP contribution in [0.15, 0.2) is 24.8 Å². The monoisotopic (exact) mass is 148 g/mol. The number of rotatable bonds is 1. The van der Waals surface area contributed by atoms with Crippen LogP contribution < -0.4 is 5.19 Å². The van der Waals surface area contributed by atoms with Crippen LogP contribution in [0.25, 0.3) is 6.08 Å². The minimum absolute atomic E-state index is 1.11. The van der Waals surface area contributed by atoms with Crippen LogP contribution in [0, 0.1) is 6.92 Å². The molecule has 1 aromatic rings. The van der Waals surface area contributed by atoms with Crippen molar-refractivity contribution in [3.8, 4) is 0 Å². The van der Waals surface area contributed by atoms with E-state index < -0.39 is 0 Å². The Hall–Kier alpha value is -0.823. The molecule has 0 saturated carbocycles. The Morgan fingerprint density at radius 3 is 2.60 bits per heavy atom. The molecule has 0 saturated heterocycles. The summed E-state index contributed by atoms with van der Waals surface area (Å²) in [7, 11) is 1.11. The third-order valence-electron chi connectivity index (χ3n) is 1.75. The Bertz CT molecular complexity index is 231. The lowest BCUT2D eigenvalue weighted by Gasteiger charge is -2.02. The highest BCUT2D eigenvalue weighted by Crippen LogP contribution is 2.03. The predicted molar refractivity (Wildman–Crippen MR) is 50.8 cm³/mol. The molecular weight excluding hydrogens is 136 g/mol. The third kappa shape index (κ3) is 1.19. The van der Waals surface area contributed by atoms with E-state index in [4.69, 9.17) is 0 Å². The lowest BCUT2D eigenvalue weighted by molar-refractivity contribution is 1.47. The maximum absolute atomic E-state index is 3.77. The van der Waals surface area contributed by atoms with E-state index >= 15 is 0 Å². The van der Waals surface area contributed by atoms with Crippen LogP contribution in [-0.2, 0) is 0 Å². The van der Waals surface area contributed by atoms with E-state index in [-0.39, 0.29) is 0 Å².